The Morgan fingerprint density at radius 2 is 1.59 bits per heavy atom. The molecule has 0 spiro atoms. The third kappa shape index (κ3) is 5.49. The maximum atomic E-state index is 12.3. The van der Waals surface area contributed by atoms with E-state index in [1.807, 2.05) is 30.3 Å². The molecule has 0 aliphatic carbocycles. The first-order valence-electron chi connectivity index (χ1n) is 8.46. The third-order valence-electron chi connectivity index (χ3n) is 3.93. The number of aryl methyl sites for hydroxylation is 1. The number of rotatable bonds is 6. The van der Waals surface area contributed by atoms with Crippen LogP contribution in [0.25, 0.3) is 0 Å². The Labute approximate surface area is 166 Å². The topological polar surface area (TPSA) is 71.1 Å². The predicted octanol–water partition coefficient (Wildman–Crippen LogP) is 4.67. The van der Waals surface area contributed by atoms with Gasteiger partial charge >= 0.3 is 0 Å². The van der Waals surface area contributed by atoms with Crippen molar-refractivity contribution in [1.82, 2.24) is 4.98 Å². The highest BCUT2D eigenvalue weighted by Gasteiger charge is 2.11. The van der Waals surface area contributed by atoms with Gasteiger partial charge in [-0.3, -0.25) is 14.6 Å². The van der Waals surface area contributed by atoms with E-state index < -0.39 is 0 Å². The molecule has 0 fully saturated rings. The lowest BCUT2D eigenvalue weighted by atomic mass is 10.1. The number of hydrogen-bond donors (Lipinski definition) is 2. The summed E-state index contributed by atoms with van der Waals surface area (Å²) in [7, 11) is 0. The quantitative estimate of drug-likeness (QED) is 0.604. The van der Waals surface area contributed by atoms with Gasteiger partial charge in [-0.2, -0.15) is 0 Å². The van der Waals surface area contributed by atoms with Crippen molar-refractivity contribution in [2.75, 3.05) is 10.6 Å². The number of carbonyl (C=O) groups excluding carboxylic acids is 2. The molecule has 0 atom stereocenters. The number of para-hydroxylation sites is 2. The Kier molecular flexibility index (Phi) is 6.33. The number of nitrogens with one attached hydrogen (secondary N) is 2. The molecule has 2 N–H and O–H groups in total. The minimum Gasteiger partial charge on any atom is -0.324 e. The fourth-order valence-electron chi connectivity index (χ4n) is 2.51. The fraction of sp³-hybridized carbons (Fsp3) is 0.0952. The van der Waals surface area contributed by atoms with Gasteiger partial charge in [0.1, 0.15) is 0 Å². The van der Waals surface area contributed by atoms with Crippen LogP contribution in [-0.2, 0) is 11.2 Å². The van der Waals surface area contributed by atoms with Gasteiger partial charge in [0.05, 0.1) is 16.9 Å². The van der Waals surface area contributed by atoms with E-state index in [-0.39, 0.29) is 11.8 Å². The number of halogens is 1. The Morgan fingerprint density at radius 1 is 0.889 bits per heavy atom. The zero-order valence-corrected chi connectivity index (χ0v) is 16.1. The molecule has 0 radical (unpaired) electrons. The van der Waals surface area contributed by atoms with Crippen LogP contribution in [0.3, 0.4) is 0 Å². The zero-order valence-electron chi connectivity index (χ0n) is 14.5. The molecule has 0 saturated heterocycles. The Bertz CT molecular complexity index is 928. The van der Waals surface area contributed by atoms with Crippen LogP contribution in [0, 0.1) is 0 Å². The van der Waals surface area contributed by atoms with E-state index in [9.17, 15) is 9.59 Å². The molecular weight excluding hydrogens is 406 g/mol. The summed E-state index contributed by atoms with van der Waals surface area (Å²) in [5, 5.41) is 5.68. The number of amides is 2. The van der Waals surface area contributed by atoms with Crippen LogP contribution in [-0.4, -0.2) is 16.8 Å². The van der Waals surface area contributed by atoms with Crippen LogP contribution < -0.4 is 10.6 Å². The van der Waals surface area contributed by atoms with Crippen molar-refractivity contribution in [3.63, 3.8) is 0 Å². The van der Waals surface area contributed by atoms with Crippen LogP contribution in [0.1, 0.15) is 22.3 Å². The van der Waals surface area contributed by atoms with E-state index in [1.54, 1.807) is 36.5 Å². The van der Waals surface area contributed by atoms with Crippen molar-refractivity contribution in [3.05, 3.63) is 88.7 Å². The largest absolute Gasteiger partial charge is 0.324 e. The van der Waals surface area contributed by atoms with E-state index in [4.69, 9.17) is 0 Å². The molecule has 2 amide bonds. The second kappa shape index (κ2) is 9.09. The molecule has 0 saturated carbocycles. The number of pyridine rings is 1. The third-order valence-corrected chi connectivity index (χ3v) is 4.46. The summed E-state index contributed by atoms with van der Waals surface area (Å²) in [5.41, 5.74) is 2.65. The van der Waals surface area contributed by atoms with Crippen molar-refractivity contribution in [3.8, 4) is 0 Å². The monoisotopic (exact) mass is 423 g/mol. The molecule has 136 valence electrons. The molecule has 1 heterocycles. The highest BCUT2D eigenvalue weighted by Crippen LogP contribution is 2.22. The first-order chi connectivity index (χ1) is 13.1. The number of hydrogen-bond acceptors (Lipinski definition) is 3. The predicted molar refractivity (Wildman–Crippen MR) is 110 cm³/mol. The molecule has 0 unspecified atom stereocenters. The number of anilines is 2. The molecule has 0 aliphatic rings. The van der Waals surface area contributed by atoms with E-state index in [2.05, 4.69) is 31.5 Å². The summed E-state index contributed by atoms with van der Waals surface area (Å²) in [4.78, 5) is 28.6. The van der Waals surface area contributed by atoms with Gasteiger partial charge in [-0.15, -0.1) is 0 Å². The van der Waals surface area contributed by atoms with E-state index in [1.165, 1.54) is 6.20 Å². The number of carbonyl (C=O) groups is 2. The van der Waals surface area contributed by atoms with Gasteiger partial charge in [0.15, 0.2) is 0 Å². The van der Waals surface area contributed by atoms with Gasteiger partial charge in [-0.05, 0) is 48.4 Å². The smallest absolute Gasteiger partial charge is 0.257 e. The molecule has 0 bridgehead atoms. The van der Waals surface area contributed by atoms with Crippen molar-refractivity contribution in [1.29, 1.82) is 0 Å². The average molecular weight is 424 g/mol. The molecule has 5 nitrogen and oxygen atoms in total. The van der Waals surface area contributed by atoms with E-state index in [0.29, 0.717) is 29.8 Å². The SMILES string of the molecule is O=C(CCc1ccc(Br)cc1)Nc1ccccc1NC(=O)c1cccnc1. The first-order valence-corrected chi connectivity index (χ1v) is 9.26. The molecule has 3 rings (SSSR count). The van der Waals surface area contributed by atoms with Crippen LogP contribution >= 0.6 is 15.9 Å². The minimum absolute atomic E-state index is 0.110. The van der Waals surface area contributed by atoms with Crippen LogP contribution in [0.15, 0.2) is 77.5 Å². The summed E-state index contributed by atoms with van der Waals surface area (Å²) in [6.07, 6.45) is 4.10. The molecule has 3 aromatic rings. The highest BCUT2D eigenvalue weighted by atomic mass is 79.9. The van der Waals surface area contributed by atoms with E-state index >= 15 is 0 Å². The van der Waals surface area contributed by atoms with Crippen molar-refractivity contribution >= 4 is 39.1 Å². The maximum Gasteiger partial charge on any atom is 0.257 e. The summed E-state index contributed by atoms with van der Waals surface area (Å²) in [5.74, 6) is -0.388. The van der Waals surface area contributed by atoms with Crippen LogP contribution in [0.5, 0.6) is 0 Å². The number of aromatic nitrogens is 1. The van der Waals surface area contributed by atoms with Crippen LogP contribution in [0.4, 0.5) is 11.4 Å². The average Bonchev–Trinajstić information content (AvgIpc) is 2.70. The van der Waals surface area contributed by atoms with Gasteiger partial charge in [-0.1, -0.05) is 40.2 Å². The van der Waals surface area contributed by atoms with Gasteiger partial charge in [0.25, 0.3) is 5.91 Å². The van der Waals surface area contributed by atoms with Crippen LogP contribution in [0.2, 0.25) is 0 Å². The highest BCUT2D eigenvalue weighted by molar-refractivity contribution is 9.10. The molecule has 2 aromatic carbocycles. The van der Waals surface area contributed by atoms with Crippen molar-refractivity contribution < 1.29 is 9.59 Å². The summed E-state index contributed by atoms with van der Waals surface area (Å²) >= 11 is 3.40. The molecular formula is C21H18BrN3O2. The van der Waals surface area contributed by atoms with Gasteiger partial charge in [-0.25, -0.2) is 0 Å². The second-order valence-corrected chi connectivity index (χ2v) is 6.83. The van der Waals surface area contributed by atoms with E-state index in [0.717, 1.165) is 10.0 Å². The second-order valence-electron chi connectivity index (χ2n) is 5.92. The zero-order chi connectivity index (χ0) is 19.1. The minimum atomic E-state index is -0.278. The summed E-state index contributed by atoms with van der Waals surface area (Å²) in [6, 6.07) is 18.4. The number of nitrogens with zero attached hydrogens (tertiary/aromatic N) is 1. The molecule has 6 heteroatoms. The van der Waals surface area contributed by atoms with Gasteiger partial charge in [0.2, 0.25) is 5.91 Å². The normalized spacial score (nSPS) is 10.3. The number of benzene rings is 2. The molecule has 1 aromatic heterocycles. The summed E-state index contributed by atoms with van der Waals surface area (Å²) < 4.78 is 1.01. The van der Waals surface area contributed by atoms with Crippen molar-refractivity contribution in [2.45, 2.75) is 12.8 Å². The fourth-order valence-corrected chi connectivity index (χ4v) is 2.78. The maximum absolute atomic E-state index is 12.3. The summed E-state index contributed by atoms with van der Waals surface area (Å²) in [6.45, 7) is 0. The lowest BCUT2D eigenvalue weighted by molar-refractivity contribution is -0.116. The van der Waals surface area contributed by atoms with Crippen molar-refractivity contribution in [2.24, 2.45) is 0 Å². The lowest BCUT2D eigenvalue weighted by Crippen LogP contribution is -2.17. The Hall–Kier alpha value is -2.99. The molecule has 27 heavy (non-hydrogen) atoms. The first kappa shape index (κ1) is 18.8. The van der Waals surface area contributed by atoms with Gasteiger partial charge in [0, 0.05) is 23.3 Å². The Balaban J connectivity index is 1.62. The standard InChI is InChI=1S/C21H18BrN3O2/c22-17-10-7-15(8-11-17)9-12-20(26)24-18-5-1-2-6-19(18)25-21(27)16-4-3-13-23-14-16/h1-8,10-11,13-14H,9,12H2,(H,24,26)(H,25,27). The lowest BCUT2D eigenvalue weighted by Gasteiger charge is -2.12. The molecule has 0 aliphatic heterocycles. The van der Waals surface area contributed by atoms with Gasteiger partial charge < -0.3 is 10.6 Å². The Morgan fingerprint density at radius 3 is 2.26 bits per heavy atom.